The molecule has 0 aromatic heterocycles. The molecule has 5 heteroatoms. The maximum atomic E-state index is 9.16. The van der Waals surface area contributed by atoms with E-state index in [0.717, 1.165) is 5.92 Å². The molecule has 0 unspecified atom stereocenters. The Morgan fingerprint density at radius 2 is 1.82 bits per heavy atom. The van der Waals surface area contributed by atoms with Crippen molar-refractivity contribution in [1.82, 2.24) is 0 Å². The number of allylic oxidation sites excluding steroid dienone is 1. The van der Waals surface area contributed by atoms with Crippen LogP contribution in [-0.4, -0.2) is 8.42 Å². The summed E-state index contributed by atoms with van der Waals surface area (Å²) < 4.78 is 18.3. The van der Waals surface area contributed by atoms with Gasteiger partial charge in [-0.05, 0) is 25.2 Å². The lowest BCUT2D eigenvalue weighted by atomic mass is 10.3. The lowest BCUT2D eigenvalue weighted by molar-refractivity contribution is 0.621. The summed E-state index contributed by atoms with van der Waals surface area (Å²) in [5, 5.41) is 0. The topological polar surface area (TPSA) is 34.1 Å². The molecule has 0 heterocycles. The van der Waals surface area contributed by atoms with E-state index < -0.39 is 8.26 Å². The summed E-state index contributed by atoms with van der Waals surface area (Å²) in [6.07, 6.45) is 6.16. The zero-order valence-corrected chi connectivity index (χ0v) is 8.29. The Balaban J connectivity index is 0.000000187. The summed E-state index contributed by atoms with van der Waals surface area (Å²) >= 11 is 0. The Kier molecular flexibility index (Phi) is 5.13. The number of hydrogen-bond acceptors (Lipinski definition) is 2. The summed E-state index contributed by atoms with van der Waals surface area (Å²) in [6, 6.07) is 0. The molecule has 0 aromatic rings. The standard InChI is InChI=1S/C6H10.Cl2O2S/c1-2-3-6-4-5-6;1-5(2,3)4/h2,6H,1,3-5H2;. The van der Waals surface area contributed by atoms with E-state index in [1.807, 2.05) is 6.08 Å². The first kappa shape index (κ1) is 11.3. The van der Waals surface area contributed by atoms with Crippen LogP contribution in [0.3, 0.4) is 0 Å². The smallest absolute Gasteiger partial charge is 0.195 e. The second kappa shape index (κ2) is 5.01. The molecule has 0 amide bonds. The highest BCUT2D eigenvalue weighted by atomic mass is 36.0. The van der Waals surface area contributed by atoms with Crippen LogP contribution in [0.2, 0.25) is 0 Å². The van der Waals surface area contributed by atoms with Crippen LogP contribution in [0.1, 0.15) is 19.3 Å². The van der Waals surface area contributed by atoms with Crippen LogP contribution in [0.4, 0.5) is 0 Å². The van der Waals surface area contributed by atoms with E-state index in [1.54, 1.807) is 0 Å². The third-order valence-electron chi connectivity index (χ3n) is 1.20. The molecule has 0 spiro atoms. The van der Waals surface area contributed by atoms with Crippen molar-refractivity contribution in [1.29, 1.82) is 0 Å². The highest BCUT2D eigenvalue weighted by Gasteiger charge is 2.18. The van der Waals surface area contributed by atoms with Crippen molar-refractivity contribution >= 4 is 29.6 Å². The minimum absolute atomic E-state index is 1.03. The van der Waals surface area contributed by atoms with Gasteiger partial charge in [-0.2, -0.15) is 8.42 Å². The fourth-order valence-corrected chi connectivity index (χ4v) is 0.589. The highest BCUT2D eigenvalue weighted by Crippen LogP contribution is 2.32. The van der Waals surface area contributed by atoms with E-state index in [4.69, 9.17) is 8.42 Å². The SMILES string of the molecule is C=CCC1CC1.O=S(=O)(Cl)Cl. The summed E-state index contributed by atoms with van der Waals surface area (Å²) in [4.78, 5) is 0. The third kappa shape index (κ3) is 17.9. The van der Waals surface area contributed by atoms with Gasteiger partial charge >= 0.3 is 8.26 Å². The van der Waals surface area contributed by atoms with Gasteiger partial charge in [-0.1, -0.05) is 6.08 Å². The van der Waals surface area contributed by atoms with Crippen LogP contribution in [0.5, 0.6) is 0 Å². The fraction of sp³-hybridized carbons (Fsp3) is 0.667. The maximum Gasteiger partial charge on any atom is 0.317 e. The highest BCUT2D eigenvalue weighted by molar-refractivity contribution is 8.31. The Morgan fingerprint density at radius 3 is 1.91 bits per heavy atom. The van der Waals surface area contributed by atoms with Crippen molar-refractivity contribution in [3.05, 3.63) is 12.7 Å². The first-order chi connectivity index (χ1) is 4.93. The summed E-state index contributed by atoms with van der Waals surface area (Å²) in [5.74, 6) is 1.03. The number of halogens is 2. The molecule has 0 radical (unpaired) electrons. The molecule has 0 atom stereocenters. The Morgan fingerprint density at radius 1 is 1.45 bits per heavy atom. The van der Waals surface area contributed by atoms with Gasteiger partial charge in [0.15, 0.2) is 0 Å². The average molecular weight is 217 g/mol. The van der Waals surface area contributed by atoms with Gasteiger partial charge in [0, 0.05) is 21.4 Å². The largest absolute Gasteiger partial charge is 0.317 e. The van der Waals surface area contributed by atoms with Crippen LogP contribution in [0.25, 0.3) is 0 Å². The lowest BCUT2D eigenvalue weighted by Gasteiger charge is -1.77. The van der Waals surface area contributed by atoms with Crippen molar-refractivity contribution in [2.75, 3.05) is 0 Å². The molecular weight excluding hydrogens is 207 g/mol. The number of rotatable bonds is 2. The summed E-state index contributed by atoms with van der Waals surface area (Å²) in [6.45, 7) is 3.64. The monoisotopic (exact) mass is 216 g/mol. The van der Waals surface area contributed by atoms with Crippen molar-refractivity contribution in [3.63, 3.8) is 0 Å². The molecule has 0 bridgehead atoms. The molecule has 1 rings (SSSR count). The lowest BCUT2D eigenvalue weighted by Crippen LogP contribution is -1.63. The molecule has 1 aliphatic carbocycles. The van der Waals surface area contributed by atoms with E-state index >= 15 is 0 Å². The van der Waals surface area contributed by atoms with Crippen LogP contribution < -0.4 is 0 Å². The Bertz CT molecular complexity index is 199. The van der Waals surface area contributed by atoms with Gasteiger partial charge < -0.3 is 0 Å². The van der Waals surface area contributed by atoms with E-state index in [9.17, 15) is 0 Å². The predicted molar refractivity (Wildman–Crippen MR) is 48.2 cm³/mol. The third-order valence-corrected chi connectivity index (χ3v) is 1.20. The molecule has 1 aliphatic rings. The molecule has 1 fully saturated rings. The summed E-state index contributed by atoms with van der Waals surface area (Å²) in [7, 11) is 4.81. The van der Waals surface area contributed by atoms with Gasteiger partial charge in [0.2, 0.25) is 0 Å². The normalized spacial score (nSPS) is 16.5. The van der Waals surface area contributed by atoms with Crippen molar-refractivity contribution in [3.8, 4) is 0 Å². The van der Waals surface area contributed by atoms with Gasteiger partial charge in [0.1, 0.15) is 0 Å². The molecular formula is C6H10Cl2O2S. The molecule has 2 nitrogen and oxygen atoms in total. The molecule has 0 saturated heterocycles. The minimum atomic E-state index is -3.72. The van der Waals surface area contributed by atoms with Crippen molar-refractivity contribution in [2.45, 2.75) is 19.3 Å². The van der Waals surface area contributed by atoms with Crippen LogP contribution in [0, 0.1) is 5.92 Å². The maximum absolute atomic E-state index is 9.16. The van der Waals surface area contributed by atoms with E-state index in [2.05, 4.69) is 27.9 Å². The Labute approximate surface area is 76.1 Å². The van der Waals surface area contributed by atoms with Crippen LogP contribution in [0.15, 0.2) is 12.7 Å². The predicted octanol–water partition coefficient (Wildman–Crippen LogP) is 2.68. The van der Waals surface area contributed by atoms with Gasteiger partial charge in [0.05, 0.1) is 0 Å². The Hall–Kier alpha value is 0.270. The molecule has 1 saturated carbocycles. The minimum Gasteiger partial charge on any atom is -0.195 e. The van der Waals surface area contributed by atoms with E-state index in [1.165, 1.54) is 19.3 Å². The first-order valence-corrected chi connectivity index (χ1v) is 6.32. The van der Waals surface area contributed by atoms with Gasteiger partial charge in [0.25, 0.3) is 0 Å². The van der Waals surface area contributed by atoms with Gasteiger partial charge in [-0.3, -0.25) is 0 Å². The summed E-state index contributed by atoms with van der Waals surface area (Å²) in [5.41, 5.74) is 0. The molecule has 0 aromatic carbocycles. The van der Waals surface area contributed by atoms with Crippen LogP contribution >= 0.6 is 21.4 Å². The number of hydrogen-bond donors (Lipinski definition) is 0. The molecule has 66 valence electrons. The average Bonchev–Trinajstić information content (AvgIpc) is 2.45. The van der Waals surface area contributed by atoms with E-state index in [0.29, 0.717) is 0 Å². The second-order valence-corrected chi connectivity index (χ2v) is 6.01. The quantitative estimate of drug-likeness (QED) is 0.526. The first-order valence-electron chi connectivity index (χ1n) is 3.18. The fourth-order valence-electron chi connectivity index (χ4n) is 0.589. The molecule has 11 heavy (non-hydrogen) atoms. The zero-order valence-electron chi connectivity index (χ0n) is 5.96. The second-order valence-electron chi connectivity index (χ2n) is 2.35. The van der Waals surface area contributed by atoms with Crippen molar-refractivity contribution in [2.24, 2.45) is 5.92 Å². The molecule has 0 N–H and O–H groups in total. The van der Waals surface area contributed by atoms with Gasteiger partial charge in [-0.25, -0.2) is 0 Å². The zero-order chi connectivity index (χ0) is 8.91. The van der Waals surface area contributed by atoms with Crippen LogP contribution in [-0.2, 0) is 8.26 Å². The molecule has 0 aliphatic heterocycles. The van der Waals surface area contributed by atoms with E-state index in [-0.39, 0.29) is 0 Å². The van der Waals surface area contributed by atoms with Crippen molar-refractivity contribution < 1.29 is 8.42 Å². The van der Waals surface area contributed by atoms with Gasteiger partial charge in [-0.15, -0.1) is 6.58 Å².